The van der Waals surface area contributed by atoms with Gasteiger partial charge in [-0.3, -0.25) is 0 Å². The molecule has 0 saturated carbocycles. The summed E-state index contributed by atoms with van der Waals surface area (Å²) in [6.07, 6.45) is 2.33. The van der Waals surface area contributed by atoms with E-state index in [1.54, 1.807) is 7.11 Å². The molecule has 22 heavy (non-hydrogen) atoms. The topological polar surface area (TPSA) is 73.1 Å². The van der Waals surface area contributed by atoms with Crippen molar-refractivity contribution in [2.24, 2.45) is 0 Å². The van der Waals surface area contributed by atoms with Gasteiger partial charge in [0.15, 0.2) is 0 Å². The highest BCUT2D eigenvalue weighted by molar-refractivity contribution is 6.30. The van der Waals surface area contributed by atoms with Crippen molar-refractivity contribution in [1.29, 1.82) is 0 Å². The molecule has 0 radical (unpaired) electrons. The van der Waals surface area contributed by atoms with Crippen LogP contribution in [0.2, 0.25) is 5.02 Å². The molecule has 0 aliphatic carbocycles. The molecule has 0 saturated heterocycles. The number of hydrogen-bond acceptors (Lipinski definition) is 6. The summed E-state index contributed by atoms with van der Waals surface area (Å²) in [6, 6.07) is 7.44. The molecular weight excluding hydrogens is 304 g/mol. The lowest BCUT2D eigenvalue weighted by molar-refractivity contribution is 0.198. The number of ether oxygens (including phenoxy) is 1. The molecule has 0 spiro atoms. The normalized spacial score (nSPS) is 11.0. The molecular formula is C15H15ClN4O2. The molecule has 1 aromatic carbocycles. The Morgan fingerprint density at radius 3 is 3.05 bits per heavy atom. The molecule has 3 rings (SSSR count). The summed E-state index contributed by atoms with van der Waals surface area (Å²) in [7, 11) is 1.68. The molecule has 114 valence electrons. The van der Waals surface area contributed by atoms with Gasteiger partial charge >= 0.3 is 0 Å². The van der Waals surface area contributed by atoms with Crippen LogP contribution in [0.25, 0.3) is 22.4 Å². The summed E-state index contributed by atoms with van der Waals surface area (Å²) in [5, 5.41) is 8.77. The largest absolute Gasteiger partial charge is 0.385 e. The van der Waals surface area contributed by atoms with E-state index in [1.807, 2.05) is 24.3 Å². The molecule has 0 bridgehead atoms. The maximum Gasteiger partial charge on any atom is 0.263 e. The number of rotatable bonds is 6. The molecule has 0 aliphatic heterocycles. The monoisotopic (exact) mass is 318 g/mol. The zero-order valence-electron chi connectivity index (χ0n) is 12.0. The van der Waals surface area contributed by atoms with Gasteiger partial charge in [0, 0.05) is 30.8 Å². The lowest BCUT2D eigenvalue weighted by Crippen LogP contribution is -2.06. The first-order valence-corrected chi connectivity index (χ1v) is 7.26. The number of nitrogens with one attached hydrogen (secondary N) is 1. The average molecular weight is 319 g/mol. The molecule has 0 fully saturated rings. The highest BCUT2D eigenvalue weighted by Gasteiger charge is 2.16. The van der Waals surface area contributed by atoms with Crippen molar-refractivity contribution < 1.29 is 9.26 Å². The van der Waals surface area contributed by atoms with Crippen molar-refractivity contribution >= 4 is 28.5 Å². The third kappa shape index (κ3) is 3.03. The minimum Gasteiger partial charge on any atom is -0.385 e. The number of anilines is 1. The van der Waals surface area contributed by atoms with Crippen LogP contribution < -0.4 is 5.32 Å². The predicted octanol–water partition coefficient (Wildman–Crippen LogP) is 3.39. The third-order valence-corrected chi connectivity index (χ3v) is 3.42. The molecule has 3 aromatic rings. The van der Waals surface area contributed by atoms with Gasteiger partial charge in [-0.05, 0) is 18.6 Å². The number of benzene rings is 1. The summed E-state index contributed by atoms with van der Waals surface area (Å²) in [4.78, 5) is 8.41. The lowest BCUT2D eigenvalue weighted by Gasteiger charge is -2.06. The van der Waals surface area contributed by atoms with Crippen molar-refractivity contribution in [3.63, 3.8) is 0 Å². The van der Waals surface area contributed by atoms with E-state index in [2.05, 4.69) is 20.4 Å². The Morgan fingerprint density at radius 2 is 2.23 bits per heavy atom. The zero-order valence-corrected chi connectivity index (χ0v) is 12.8. The van der Waals surface area contributed by atoms with Crippen LogP contribution in [0.15, 0.2) is 35.1 Å². The van der Waals surface area contributed by atoms with Crippen molar-refractivity contribution in [3.8, 4) is 11.3 Å². The van der Waals surface area contributed by atoms with E-state index in [4.69, 9.17) is 20.9 Å². The second-order valence-electron chi connectivity index (χ2n) is 4.72. The van der Waals surface area contributed by atoms with Gasteiger partial charge in [-0.15, -0.1) is 0 Å². The van der Waals surface area contributed by atoms with Crippen LogP contribution in [0.5, 0.6) is 0 Å². The highest BCUT2D eigenvalue weighted by Crippen LogP contribution is 2.32. The first kappa shape index (κ1) is 14.7. The summed E-state index contributed by atoms with van der Waals surface area (Å²) >= 11 is 6.05. The average Bonchev–Trinajstić information content (AvgIpc) is 2.96. The van der Waals surface area contributed by atoms with Gasteiger partial charge in [-0.25, -0.2) is 4.98 Å². The molecule has 0 amide bonds. The van der Waals surface area contributed by atoms with Gasteiger partial charge in [-0.1, -0.05) is 28.9 Å². The minimum absolute atomic E-state index is 0.444. The van der Waals surface area contributed by atoms with E-state index in [-0.39, 0.29) is 0 Å². The first-order chi connectivity index (χ1) is 10.8. The molecule has 6 nitrogen and oxygen atoms in total. The number of nitrogens with zero attached hydrogens (tertiary/aromatic N) is 3. The van der Waals surface area contributed by atoms with Crippen LogP contribution in [-0.2, 0) is 4.74 Å². The number of methoxy groups -OCH3 is 1. The molecule has 7 heteroatoms. The number of hydrogen-bond donors (Lipinski definition) is 1. The van der Waals surface area contributed by atoms with Crippen LogP contribution in [0.3, 0.4) is 0 Å². The zero-order chi connectivity index (χ0) is 15.4. The summed E-state index contributed by atoms with van der Waals surface area (Å²) in [5.74, 6) is 0.692. The molecule has 2 aromatic heterocycles. The number of fused-ring (bicyclic) bond motifs is 1. The van der Waals surface area contributed by atoms with E-state index >= 15 is 0 Å². The first-order valence-electron chi connectivity index (χ1n) is 6.88. The number of halogens is 1. The second kappa shape index (κ2) is 6.72. The van der Waals surface area contributed by atoms with Gasteiger partial charge in [0.05, 0.1) is 0 Å². The summed E-state index contributed by atoms with van der Waals surface area (Å²) in [5.41, 5.74) is 1.98. The van der Waals surface area contributed by atoms with Gasteiger partial charge in [0.2, 0.25) is 0 Å². The van der Waals surface area contributed by atoms with Gasteiger partial charge in [0.25, 0.3) is 5.71 Å². The fraction of sp³-hybridized carbons (Fsp3) is 0.267. The third-order valence-electron chi connectivity index (χ3n) is 3.19. The molecule has 0 atom stereocenters. The fourth-order valence-electron chi connectivity index (χ4n) is 2.18. The Kier molecular flexibility index (Phi) is 4.50. The van der Waals surface area contributed by atoms with Crippen LogP contribution in [-0.4, -0.2) is 35.4 Å². The SMILES string of the molecule is COCCCNc1ncnc2onc(-c3cccc(Cl)c3)c12. The Morgan fingerprint density at radius 1 is 1.32 bits per heavy atom. The smallest absolute Gasteiger partial charge is 0.263 e. The Labute approximate surface area is 132 Å². The summed E-state index contributed by atoms with van der Waals surface area (Å²) < 4.78 is 10.3. The second-order valence-corrected chi connectivity index (χ2v) is 5.15. The van der Waals surface area contributed by atoms with Crippen LogP contribution in [0.4, 0.5) is 5.82 Å². The Hall–Kier alpha value is -2.18. The minimum atomic E-state index is 0.444. The van der Waals surface area contributed by atoms with Gasteiger partial charge < -0.3 is 14.6 Å². The van der Waals surface area contributed by atoms with Crippen molar-refractivity contribution in [2.45, 2.75) is 6.42 Å². The van der Waals surface area contributed by atoms with Crippen LogP contribution in [0, 0.1) is 0 Å². The predicted molar refractivity (Wildman–Crippen MR) is 85.0 cm³/mol. The Bertz CT molecular complexity index is 775. The van der Waals surface area contributed by atoms with Crippen molar-refractivity contribution in [2.75, 3.05) is 25.6 Å². The van der Waals surface area contributed by atoms with Crippen molar-refractivity contribution in [3.05, 3.63) is 35.6 Å². The van der Waals surface area contributed by atoms with E-state index < -0.39 is 0 Å². The fourth-order valence-corrected chi connectivity index (χ4v) is 2.37. The maximum atomic E-state index is 6.05. The van der Waals surface area contributed by atoms with E-state index in [9.17, 15) is 0 Å². The van der Waals surface area contributed by atoms with Crippen LogP contribution in [0.1, 0.15) is 6.42 Å². The van der Waals surface area contributed by atoms with E-state index in [0.29, 0.717) is 28.9 Å². The maximum absolute atomic E-state index is 6.05. The van der Waals surface area contributed by atoms with Crippen molar-refractivity contribution in [1.82, 2.24) is 15.1 Å². The summed E-state index contributed by atoms with van der Waals surface area (Å²) in [6.45, 7) is 1.42. The molecule has 2 heterocycles. The molecule has 0 aliphatic rings. The molecule has 0 unspecified atom stereocenters. The van der Waals surface area contributed by atoms with Gasteiger partial charge in [0.1, 0.15) is 23.2 Å². The lowest BCUT2D eigenvalue weighted by atomic mass is 10.1. The number of aromatic nitrogens is 3. The van der Waals surface area contributed by atoms with E-state index in [1.165, 1.54) is 6.33 Å². The Balaban J connectivity index is 1.97. The van der Waals surface area contributed by atoms with Crippen LogP contribution >= 0.6 is 11.6 Å². The van der Waals surface area contributed by atoms with E-state index in [0.717, 1.165) is 23.9 Å². The quantitative estimate of drug-likeness (QED) is 0.702. The van der Waals surface area contributed by atoms with Gasteiger partial charge in [-0.2, -0.15) is 4.98 Å². The molecule has 1 N–H and O–H groups in total. The highest BCUT2D eigenvalue weighted by atomic mass is 35.5. The standard InChI is InChI=1S/C15H15ClN4O2/c1-21-7-3-6-17-14-12-13(10-4-2-5-11(16)8-10)20-22-15(12)19-9-18-14/h2,4-5,8-9H,3,6-7H2,1H3,(H,17,18,19).